The Balaban J connectivity index is 1.48. The third-order valence-electron chi connectivity index (χ3n) is 5.59. The predicted molar refractivity (Wildman–Crippen MR) is 108 cm³/mol. The molecule has 1 aliphatic carbocycles. The van der Waals surface area contributed by atoms with Crippen LogP contribution in [0.25, 0.3) is 0 Å². The van der Waals surface area contributed by atoms with Gasteiger partial charge in [0.2, 0.25) is 11.8 Å². The first-order valence-electron chi connectivity index (χ1n) is 10.1. The fourth-order valence-corrected chi connectivity index (χ4v) is 3.76. The van der Waals surface area contributed by atoms with E-state index >= 15 is 0 Å². The van der Waals surface area contributed by atoms with Crippen LogP contribution in [-0.2, 0) is 9.59 Å². The van der Waals surface area contributed by atoms with Crippen LogP contribution in [0.5, 0.6) is 11.5 Å². The SMILES string of the molecule is O=C(Nc1ccccc1Oc1ccccc1)C1(C(=O)N2CCCCCC2)CC1. The molecule has 2 aromatic rings. The molecule has 0 radical (unpaired) electrons. The number of hydrogen-bond donors (Lipinski definition) is 1. The minimum Gasteiger partial charge on any atom is -0.455 e. The Kier molecular flexibility index (Phi) is 5.33. The molecule has 1 aliphatic heterocycles. The van der Waals surface area contributed by atoms with Crippen molar-refractivity contribution in [2.75, 3.05) is 18.4 Å². The van der Waals surface area contributed by atoms with Gasteiger partial charge in [-0.1, -0.05) is 43.2 Å². The van der Waals surface area contributed by atoms with E-state index in [1.54, 1.807) is 0 Å². The summed E-state index contributed by atoms with van der Waals surface area (Å²) in [5.41, 5.74) is -0.309. The maximum Gasteiger partial charge on any atom is 0.240 e. The lowest BCUT2D eigenvalue weighted by Gasteiger charge is -2.25. The van der Waals surface area contributed by atoms with E-state index in [0.717, 1.165) is 38.8 Å². The third-order valence-corrected chi connectivity index (χ3v) is 5.59. The van der Waals surface area contributed by atoms with Crippen molar-refractivity contribution in [3.8, 4) is 11.5 Å². The van der Waals surface area contributed by atoms with Crippen molar-refractivity contribution in [1.29, 1.82) is 0 Å². The number of para-hydroxylation sites is 3. The zero-order chi connectivity index (χ0) is 19.4. The molecular formula is C23H26N2O3. The molecule has 2 aromatic carbocycles. The van der Waals surface area contributed by atoms with Crippen LogP contribution in [-0.4, -0.2) is 29.8 Å². The Morgan fingerprint density at radius 2 is 1.50 bits per heavy atom. The number of nitrogens with zero attached hydrogens (tertiary/aromatic N) is 1. The summed E-state index contributed by atoms with van der Waals surface area (Å²) in [6, 6.07) is 16.8. The van der Waals surface area contributed by atoms with Gasteiger partial charge >= 0.3 is 0 Å². The van der Waals surface area contributed by atoms with Crippen LogP contribution in [0.3, 0.4) is 0 Å². The highest BCUT2D eigenvalue weighted by Gasteiger charge is 2.58. The summed E-state index contributed by atoms with van der Waals surface area (Å²) in [6.45, 7) is 1.53. The molecule has 0 aromatic heterocycles. The molecule has 1 heterocycles. The second-order valence-corrected chi connectivity index (χ2v) is 7.65. The summed E-state index contributed by atoms with van der Waals surface area (Å²) in [5, 5.41) is 2.96. The first-order chi connectivity index (χ1) is 13.7. The highest BCUT2D eigenvalue weighted by molar-refractivity contribution is 6.13. The number of ether oxygens (including phenoxy) is 1. The molecule has 4 rings (SSSR count). The predicted octanol–water partition coefficient (Wildman–Crippen LogP) is 4.60. The van der Waals surface area contributed by atoms with E-state index in [-0.39, 0.29) is 11.8 Å². The molecule has 5 heteroatoms. The standard InChI is InChI=1S/C23H26N2O3/c26-21(23(14-15-23)22(27)25-16-8-1-2-9-17-25)24-19-12-6-7-13-20(19)28-18-10-4-3-5-11-18/h3-7,10-13H,1-2,8-9,14-17H2,(H,24,26). The van der Waals surface area contributed by atoms with E-state index in [1.165, 1.54) is 0 Å². The maximum atomic E-state index is 13.1. The molecule has 0 unspecified atom stereocenters. The largest absolute Gasteiger partial charge is 0.455 e. The highest BCUT2D eigenvalue weighted by Crippen LogP contribution is 2.49. The number of carbonyl (C=O) groups is 2. The highest BCUT2D eigenvalue weighted by atomic mass is 16.5. The number of nitrogens with one attached hydrogen (secondary N) is 1. The molecule has 2 aliphatic rings. The summed E-state index contributed by atoms with van der Waals surface area (Å²) in [5.74, 6) is 1.05. The van der Waals surface area contributed by atoms with Crippen LogP contribution in [0.15, 0.2) is 54.6 Å². The van der Waals surface area contributed by atoms with Gasteiger partial charge in [-0.3, -0.25) is 9.59 Å². The van der Waals surface area contributed by atoms with Crippen molar-refractivity contribution in [3.05, 3.63) is 54.6 Å². The molecule has 1 saturated heterocycles. The quantitative estimate of drug-likeness (QED) is 0.774. The normalized spacial score (nSPS) is 18.1. The molecule has 0 atom stereocenters. The number of carbonyl (C=O) groups excluding carboxylic acids is 2. The van der Waals surface area contributed by atoms with E-state index in [9.17, 15) is 9.59 Å². The van der Waals surface area contributed by atoms with E-state index in [0.29, 0.717) is 30.0 Å². The van der Waals surface area contributed by atoms with Gasteiger partial charge in [0, 0.05) is 13.1 Å². The van der Waals surface area contributed by atoms with Gasteiger partial charge in [0.05, 0.1) is 5.69 Å². The van der Waals surface area contributed by atoms with Crippen molar-refractivity contribution in [3.63, 3.8) is 0 Å². The lowest BCUT2D eigenvalue weighted by atomic mass is 10.0. The number of rotatable bonds is 5. The van der Waals surface area contributed by atoms with Crippen molar-refractivity contribution in [2.45, 2.75) is 38.5 Å². The van der Waals surface area contributed by atoms with Gasteiger partial charge in [-0.15, -0.1) is 0 Å². The second-order valence-electron chi connectivity index (χ2n) is 7.65. The van der Waals surface area contributed by atoms with Crippen LogP contribution >= 0.6 is 0 Å². The number of amides is 2. The van der Waals surface area contributed by atoms with Gasteiger partial charge in [-0.25, -0.2) is 0 Å². The number of anilines is 1. The third kappa shape index (κ3) is 3.88. The van der Waals surface area contributed by atoms with Gasteiger partial charge in [0.1, 0.15) is 11.2 Å². The fourth-order valence-electron chi connectivity index (χ4n) is 3.76. The molecule has 0 bridgehead atoms. The summed E-state index contributed by atoms with van der Waals surface area (Å²) < 4.78 is 5.93. The summed E-state index contributed by atoms with van der Waals surface area (Å²) in [4.78, 5) is 28.0. The van der Waals surface area contributed by atoms with Crippen LogP contribution in [0.2, 0.25) is 0 Å². The number of hydrogen-bond acceptors (Lipinski definition) is 3. The Morgan fingerprint density at radius 1 is 0.857 bits per heavy atom. The Hall–Kier alpha value is -2.82. The van der Waals surface area contributed by atoms with Crippen molar-refractivity contribution >= 4 is 17.5 Å². The fraction of sp³-hybridized carbons (Fsp3) is 0.391. The van der Waals surface area contributed by atoms with Crippen LogP contribution in [0.4, 0.5) is 5.69 Å². The molecule has 146 valence electrons. The molecule has 1 N–H and O–H groups in total. The van der Waals surface area contributed by atoms with Gasteiger partial charge in [-0.05, 0) is 49.9 Å². The van der Waals surface area contributed by atoms with E-state index in [4.69, 9.17) is 4.74 Å². The summed E-state index contributed by atoms with van der Waals surface area (Å²) >= 11 is 0. The minimum absolute atomic E-state index is 0.00615. The van der Waals surface area contributed by atoms with Crippen molar-refractivity contribution < 1.29 is 14.3 Å². The van der Waals surface area contributed by atoms with Gasteiger partial charge in [0.25, 0.3) is 0 Å². The van der Waals surface area contributed by atoms with E-state index < -0.39 is 5.41 Å². The number of likely N-dealkylation sites (tertiary alicyclic amines) is 1. The monoisotopic (exact) mass is 378 g/mol. The average Bonchev–Trinajstić information content (AvgIpc) is 3.55. The first-order valence-corrected chi connectivity index (χ1v) is 10.1. The van der Waals surface area contributed by atoms with Crippen LogP contribution < -0.4 is 10.1 Å². The second kappa shape index (κ2) is 8.05. The van der Waals surface area contributed by atoms with Gasteiger partial charge in [-0.2, -0.15) is 0 Å². The molecular weight excluding hydrogens is 352 g/mol. The van der Waals surface area contributed by atoms with Crippen molar-refractivity contribution in [2.24, 2.45) is 5.41 Å². The molecule has 28 heavy (non-hydrogen) atoms. The smallest absolute Gasteiger partial charge is 0.240 e. The Labute approximate surface area is 165 Å². The molecule has 2 fully saturated rings. The summed E-state index contributed by atoms with van der Waals surface area (Å²) in [7, 11) is 0. The molecule has 5 nitrogen and oxygen atoms in total. The zero-order valence-corrected chi connectivity index (χ0v) is 16.0. The zero-order valence-electron chi connectivity index (χ0n) is 16.0. The Bertz CT molecular complexity index is 838. The number of benzene rings is 2. The minimum atomic E-state index is -0.899. The van der Waals surface area contributed by atoms with Gasteiger partial charge in [0.15, 0.2) is 5.75 Å². The average molecular weight is 378 g/mol. The van der Waals surface area contributed by atoms with Crippen LogP contribution in [0, 0.1) is 5.41 Å². The topological polar surface area (TPSA) is 58.6 Å². The van der Waals surface area contributed by atoms with Gasteiger partial charge < -0.3 is 15.0 Å². The summed E-state index contributed by atoms with van der Waals surface area (Å²) in [6.07, 6.45) is 5.61. The first kappa shape index (κ1) is 18.5. The van der Waals surface area contributed by atoms with Crippen molar-refractivity contribution in [1.82, 2.24) is 4.90 Å². The molecule has 1 saturated carbocycles. The van der Waals surface area contributed by atoms with E-state index in [2.05, 4.69) is 5.32 Å². The molecule has 0 spiro atoms. The maximum absolute atomic E-state index is 13.1. The lowest BCUT2D eigenvalue weighted by molar-refractivity contribution is -0.142. The lowest BCUT2D eigenvalue weighted by Crippen LogP contribution is -2.43. The van der Waals surface area contributed by atoms with E-state index in [1.807, 2.05) is 59.5 Å². The Morgan fingerprint density at radius 3 is 2.18 bits per heavy atom. The molecule has 2 amide bonds. The van der Waals surface area contributed by atoms with Crippen LogP contribution in [0.1, 0.15) is 38.5 Å².